The molecule has 10 heteroatoms. The van der Waals surface area contributed by atoms with Crippen LogP contribution in [0.25, 0.3) is 10.4 Å². The smallest absolute Gasteiger partial charge is 0.349 e. The van der Waals surface area contributed by atoms with E-state index in [4.69, 9.17) is 14.6 Å². The second-order valence-corrected chi connectivity index (χ2v) is 8.83. The number of ether oxygens (including phenoxy) is 2. The lowest BCUT2D eigenvalue weighted by atomic mass is 9.98. The van der Waals surface area contributed by atoms with Crippen molar-refractivity contribution in [2.45, 2.75) is 26.7 Å². The number of nitrogens with zero attached hydrogens (tertiary/aromatic N) is 1. The molecule has 2 amide bonds. The fourth-order valence-electron chi connectivity index (χ4n) is 3.73. The van der Waals surface area contributed by atoms with E-state index in [1.807, 2.05) is 36.1 Å². The third kappa shape index (κ3) is 6.16. The minimum absolute atomic E-state index is 0.0247. The van der Waals surface area contributed by atoms with E-state index in [-0.39, 0.29) is 16.7 Å². The van der Waals surface area contributed by atoms with Crippen LogP contribution in [0, 0.1) is 12.8 Å². The first kappa shape index (κ1) is 24.4. The number of benzene rings is 1. The molecule has 1 saturated heterocycles. The maximum Gasteiger partial charge on any atom is 0.349 e. The molecule has 0 spiro atoms. The van der Waals surface area contributed by atoms with Gasteiger partial charge in [-0.1, -0.05) is 12.1 Å². The summed E-state index contributed by atoms with van der Waals surface area (Å²) in [5, 5.41) is 21.2. The van der Waals surface area contributed by atoms with E-state index in [0.717, 1.165) is 29.7 Å². The number of likely N-dealkylation sites (tertiary alicyclic amines) is 1. The number of amides is 2. The Morgan fingerprint density at radius 2 is 1.91 bits per heavy atom. The van der Waals surface area contributed by atoms with E-state index >= 15 is 0 Å². The zero-order valence-electron chi connectivity index (χ0n) is 18.6. The number of piperidine rings is 1. The average Bonchev–Trinajstić information content (AvgIpc) is 3.13. The van der Waals surface area contributed by atoms with E-state index in [2.05, 4.69) is 5.32 Å². The molecule has 9 nitrogen and oxygen atoms in total. The molecule has 1 aromatic heterocycles. The number of hydrogen-bond donors (Lipinski definition) is 3. The fourth-order valence-corrected chi connectivity index (χ4v) is 4.82. The molecule has 3 rings (SSSR count). The Morgan fingerprint density at radius 1 is 1.18 bits per heavy atom. The van der Waals surface area contributed by atoms with Gasteiger partial charge in [-0.15, -0.1) is 11.3 Å². The zero-order valence-corrected chi connectivity index (χ0v) is 19.4. The summed E-state index contributed by atoms with van der Waals surface area (Å²) in [5.41, 5.74) is 1.35. The SMILES string of the molecule is CCNC(=O)N1CCC(COc2cccc(-c3sc(C(=O)O)c(OCC(=O)O)c3C)c2)CC1. The number of carbonyl (C=O) groups is 3. The number of thiophene rings is 1. The van der Waals surface area contributed by atoms with Crippen LogP contribution in [-0.4, -0.2) is 65.9 Å². The van der Waals surface area contributed by atoms with Gasteiger partial charge in [-0.25, -0.2) is 14.4 Å². The number of urea groups is 1. The van der Waals surface area contributed by atoms with Gasteiger partial charge in [0, 0.05) is 30.1 Å². The Hall–Kier alpha value is -3.27. The number of carboxylic acids is 2. The van der Waals surface area contributed by atoms with Crippen LogP contribution in [-0.2, 0) is 4.79 Å². The highest BCUT2D eigenvalue weighted by molar-refractivity contribution is 7.18. The van der Waals surface area contributed by atoms with E-state index < -0.39 is 18.5 Å². The second kappa shape index (κ2) is 11.0. The van der Waals surface area contributed by atoms with Crippen LogP contribution in [0.4, 0.5) is 4.79 Å². The summed E-state index contributed by atoms with van der Waals surface area (Å²) in [6, 6.07) is 7.34. The van der Waals surface area contributed by atoms with Crippen molar-refractivity contribution in [3.63, 3.8) is 0 Å². The van der Waals surface area contributed by atoms with Crippen LogP contribution in [0.15, 0.2) is 24.3 Å². The molecule has 0 radical (unpaired) electrons. The standard InChI is InChI=1S/C23H28N2O7S/c1-3-24-23(30)25-9-7-15(8-10-25)12-31-17-6-4-5-16(11-17)20-14(2)19(32-13-18(26)27)21(33-20)22(28)29/h4-6,11,15H,3,7-10,12-13H2,1-2H3,(H,24,30)(H,26,27)(H,28,29). The summed E-state index contributed by atoms with van der Waals surface area (Å²) in [6.07, 6.45) is 1.74. The Labute approximate surface area is 195 Å². The molecule has 178 valence electrons. The predicted octanol–water partition coefficient (Wildman–Crippen LogP) is 3.71. The number of carboxylic acid groups (broad SMARTS) is 2. The molecule has 0 atom stereocenters. The Morgan fingerprint density at radius 3 is 2.55 bits per heavy atom. The van der Waals surface area contributed by atoms with Crippen molar-refractivity contribution in [3.8, 4) is 21.9 Å². The van der Waals surface area contributed by atoms with Gasteiger partial charge < -0.3 is 29.9 Å². The molecule has 3 N–H and O–H groups in total. The van der Waals surface area contributed by atoms with Crippen LogP contribution in [0.2, 0.25) is 0 Å². The highest BCUT2D eigenvalue weighted by Crippen LogP contribution is 2.42. The van der Waals surface area contributed by atoms with Gasteiger partial charge >= 0.3 is 18.0 Å². The van der Waals surface area contributed by atoms with Crippen LogP contribution in [0.1, 0.15) is 35.0 Å². The molecule has 1 aromatic carbocycles. The Balaban J connectivity index is 1.67. The maximum absolute atomic E-state index is 11.9. The molecular formula is C23H28N2O7S. The summed E-state index contributed by atoms with van der Waals surface area (Å²) in [5.74, 6) is -1.25. The van der Waals surface area contributed by atoms with Crippen molar-refractivity contribution in [2.75, 3.05) is 32.8 Å². The summed E-state index contributed by atoms with van der Waals surface area (Å²) < 4.78 is 11.3. The third-order valence-corrected chi connectivity index (χ3v) is 6.75. The number of carbonyl (C=O) groups excluding carboxylic acids is 1. The van der Waals surface area contributed by atoms with Crippen LogP contribution in [0.3, 0.4) is 0 Å². The molecule has 0 saturated carbocycles. The van der Waals surface area contributed by atoms with Gasteiger partial charge in [0.25, 0.3) is 0 Å². The summed E-state index contributed by atoms with van der Waals surface area (Å²) in [4.78, 5) is 36.9. The first-order valence-electron chi connectivity index (χ1n) is 10.8. The number of aromatic carboxylic acids is 1. The molecule has 1 fully saturated rings. The minimum Gasteiger partial charge on any atom is -0.493 e. The molecule has 0 bridgehead atoms. The maximum atomic E-state index is 11.9. The number of hydrogen-bond acceptors (Lipinski definition) is 6. The van der Waals surface area contributed by atoms with Gasteiger partial charge in [0.15, 0.2) is 11.5 Å². The minimum atomic E-state index is -1.18. The number of rotatable bonds is 9. The lowest BCUT2D eigenvalue weighted by Gasteiger charge is -2.31. The molecule has 1 aliphatic rings. The highest BCUT2D eigenvalue weighted by atomic mass is 32.1. The highest BCUT2D eigenvalue weighted by Gasteiger charge is 2.24. The third-order valence-electron chi connectivity index (χ3n) is 5.44. The molecule has 0 aliphatic carbocycles. The van der Waals surface area contributed by atoms with Gasteiger partial charge in [-0.3, -0.25) is 0 Å². The quantitative estimate of drug-likeness (QED) is 0.504. The van der Waals surface area contributed by atoms with Crippen molar-refractivity contribution in [3.05, 3.63) is 34.7 Å². The van der Waals surface area contributed by atoms with Gasteiger partial charge in [-0.05, 0) is 50.3 Å². The first-order valence-corrected chi connectivity index (χ1v) is 11.6. The van der Waals surface area contributed by atoms with E-state index in [9.17, 15) is 19.5 Å². The van der Waals surface area contributed by atoms with Crippen molar-refractivity contribution >= 4 is 29.3 Å². The molecule has 2 aromatic rings. The lowest BCUT2D eigenvalue weighted by Crippen LogP contribution is -2.45. The van der Waals surface area contributed by atoms with E-state index in [1.165, 1.54) is 0 Å². The molecule has 33 heavy (non-hydrogen) atoms. The first-order chi connectivity index (χ1) is 15.8. The summed E-state index contributed by atoms with van der Waals surface area (Å²) in [7, 11) is 0. The number of aliphatic carboxylic acids is 1. The molecule has 2 heterocycles. The van der Waals surface area contributed by atoms with Crippen molar-refractivity contribution in [1.29, 1.82) is 0 Å². The summed E-state index contributed by atoms with van der Waals surface area (Å²) in [6.45, 7) is 5.55. The monoisotopic (exact) mass is 476 g/mol. The lowest BCUT2D eigenvalue weighted by molar-refractivity contribution is -0.139. The summed E-state index contributed by atoms with van der Waals surface area (Å²) >= 11 is 1.04. The van der Waals surface area contributed by atoms with Crippen LogP contribution in [0.5, 0.6) is 11.5 Å². The van der Waals surface area contributed by atoms with Crippen molar-refractivity contribution in [2.24, 2.45) is 5.92 Å². The van der Waals surface area contributed by atoms with Crippen molar-refractivity contribution < 1.29 is 34.1 Å². The number of nitrogens with one attached hydrogen (secondary N) is 1. The zero-order chi connectivity index (χ0) is 24.0. The Kier molecular flexibility index (Phi) is 8.16. The van der Waals surface area contributed by atoms with Crippen molar-refractivity contribution in [1.82, 2.24) is 10.2 Å². The largest absolute Gasteiger partial charge is 0.493 e. The molecular weight excluding hydrogens is 448 g/mol. The van der Waals surface area contributed by atoms with E-state index in [0.29, 0.717) is 48.3 Å². The van der Waals surface area contributed by atoms with E-state index in [1.54, 1.807) is 6.92 Å². The normalized spacial score (nSPS) is 14.1. The second-order valence-electron chi connectivity index (χ2n) is 7.81. The van der Waals surface area contributed by atoms with Gasteiger partial charge in [-0.2, -0.15) is 0 Å². The van der Waals surface area contributed by atoms with Gasteiger partial charge in [0.2, 0.25) is 0 Å². The van der Waals surface area contributed by atoms with Gasteiger partial charge in [0.05, 0.1) is 6.61 Å². The topological polar surface area (TPSA) is 125 Å². The fraction of sp³-hybridized carbons (Fsp3) is 0.435. The molecule has 0 unspecified atom stereocenters. The Bertz CT molecular complexity index is 1010. The van der Waals surface area contributed by atoms with Crippen LogP contribution >= 0.6 is 11.3 Å². The predicted molar refractivity (Wildman–Crippen MR) is 123 cm³/mol. The van der Waals surface area contributed by atoms with Gasteiger partial charge in [0.1, 0.15) is 11.5 Å². The average molecular weight is 477 g/mol. The van der Waals surface area contributed by atoms with Crippen LogP contribution < -0.4 is 14.8 Å². The molecule has 1 aliphatic heterocycles.